The van der Waals surface area contributed by atoms with Gasteiger partial charge in [0.05, 0.1) is 22.4 Å². The molecule has 4 heteroatoms. The van der Waals surface area contributed by atoms with E-state index in [2.05, 4.69) is 13.8 Å². The summed E-state index contributed by atoms with van der Waals surface area (Å²) in [5.74, 6) is 0.387. The second kappa shape index (κ2) is 7.08. The Morgan fingerprint density at radius 1 is 1.00 bits per heavy atom. The highest BCUT2D eigenvalue weighted by molar-refractivity contribution is 7.92. The van der Waals surface area contributed by atoms with Gasteiger partial charge in [0, 0.05) is 0 Å². The lowest BCUT2D eigenvalue weighted by molar-refractivity contribution is 0.0339. The van der Waals surface area contributed by atoms with E-state index in [1.165, 1.54) is 0 Å². The standard InChI is InChI=1S/C20H24O3S/c1-15(2)13-19-20(24(21,22)17-11-7-4-8-12-17)14-18(23-19)16-9-5-3-6-10-16/h3-12,15,18-20H,13-14H2,1-2H3/t18-,19+,20-/m0/s1. The van der Waals surface area contributed by atoms with Crippen molar-refractivity contribution in [1.82, 2.24) is 0 Å². The van der Waals surface area contributed by atoms with Crippen molar-refractivity contribution in [3.05, 3.63) is 66.2 Å². The molecule has 0 aromatic heterocycles. The molecule has 0 radical (unpaired) electrons. The fraction of sp³-hybridized carbons (Fsp3) is 0.400. The molecule has 0 aliphatic carbocycles. The Morgan fingerprint density at radius 3 is 2.17 bits per heavy atom. The highest BCUT2D eigenvalue weighted by Crippen LogP contribution is 2.40. The monoisotopic (exact) mass is 344 g/mol. The molecule has 3 atom stereocenters. The summed E-state index contributed by atoms with van der Waals surface area (Å²) in [6, 6.07) is 18.7. The van der Waals surface area contributed by atoms with Crippen LogP contribution in [0.1, 0.15) is 38.4 Å². The van der Waals surface area contributed by atoms with E-state index in [0.29, 0.717) is 17.2 Å². The Kier molecular flexibility index (Phi) is 5.07. The quantitative estimate of drug-likeness (QED) is 0.807. The molecule has 2 aromatic carbocycles. The fourth-order valence-electron chi connectivity index (χ4n) is 3.38. The van der Waals surface area contributed by atoms with Crippen molar-refractivity contribution in [2.24, 2.45) is 5.92 Å². The Hall–Kier alpha value is -1.65. The number of sulfone groups is 1. The van der Waals surface area contributed by atoms with E-state index in [9.17, 15) is 8.42 Å². The zero-order chi connectivity index (χ0) is 17.2. The Bertz CT molecular complexity index is 754. The predicted octanol–water partition coefficient (Wildman–Crippen LogP) is 4.41. The van der Waals surface area contributed by atoms with Gasteiger partial charge >= 0.3 is 0 Å². The third kappa shape index (κ3) is 3.55. The van der Waals surface area contributed by atoms with Gasteiger partial charge in [0.1, 0.15) is 0 Å². The molecule has 1 saturated heterocycles. The van der Waals surface area contributed by atoms with E-state index in [-0.39, 0.29) is 12.2 Å². The minimum Gasteiger partial charge on any atom is -0.369 e. The first kappa shape index (κ1) is 17.2. The zero-order valence-corrected chi connectivity index (χ0v) is 14.9. The second-order valence-corrected chi connectivity index (χ2v) is 9.00. The molecule has 3 nitrogen and oxygen atoms in total. The molecule has 0 saturated carbocycles. The van der Waals surface area contributed by atoms with Crippen LogP contribution >= 0.6 is 0 Å². The minimum absolute atomic E-state index is 0.154. The summed E-state index contributed by atoms with van der Waals surface area (Å²) >= 11 is 0. The van der Waals surface area contributed by atoms with Crippen molar-refractivity contribution in [1.29, 1.82) is 0 Å². The first-order valence-electron chi connectivity index (χ1n) is 8.48. The Balaban J connectivity index is 1.92. The molecule has 0 N–H and O–H groups in total. The highest BCUT2D eigenvalue weighted by atomic mass is 32.2. The minimum atomic E-state index is -3.40. The lowest BCUT2D eigenvalue weighted by atomic mass is 10.0. The van der Waals surface area contributed by atoms with Gasteiger partial charge in [-0.15, -0.1) is 0 Å². The van der Waals surface area contributed by atoms with Crippen molar-refractivity contribution in [2.75, 3.05) is 0 Å². The van der Waals surface area contributed by atoms with Gasteiger partial charge in [-0.1, -0.05) is 62.4 Å². The summed E-state index contributed by atoms with van der Waals surface area (Å²) in [5.41, 5.74) is 1.05. The van der Waals surface area contributed by atoms with E-state index >= 15 is 0 Å². The van der Waals surface area contributed by atoms with Crippen LogP contribution in [0.15, 0.2) is 65.6 Å². The van der Waals surface area contributed by atoms with Crippen LogP contribution in [-0.4, -0.2) is 19.8 Å². The highest BCUT2D eigenvalue weighted by Gasteiger charge is 2.44. The van der Waals surface area contributed by atoms with Gasteiger partial charge in [-0.3, -0.25) is 0 Å². The Labute approximate surface area is 144 Å². The lowest BCUT2D eigenvalue weighted by Crippen LogP contribution is -2.31. The van der Waals surface area contributed by atoms with Crippen LogP contribution in [0.25, 0.3) is 0 Å². The Morgan fingerprint density at radius 2 is 1.58 bits per heavy atom. The molecule has 128 valence electrons. The van der Waals surface area contributed by atoms with Crippen LogP contribution in [0.5, 0.6) is 0 Å². The summed E-state index contributed by atoms with van der Waals surface area (Å²) in [4.78, 5) is 0.390. The number of hydrogen-bond donors (Lipinski definition) is 0. The predicted molar refractivity (Wildman–Crippen MR) is 95.5 cm³/mol. The topological polar surface area (TPSA) is 43.4 Å². The van der Waals surface area contributed by atoms with Crippen LogP contribution in [0.3, 0.4) is 0 Å². The smallest absolute Gasteiger partial charge is 0.183 e. The van der Waals surface area contributed by atoms with E-state index in [0.717, 1.165) is 12.0 Å². The van der Waals surface area contributed by atoms with Crippen LogP contribution in [0.2, 0.25) is 0 Å². The summed E-state index contributed by atoms with van der Waals surface area (Å²) in [6.07, 6.45) is 0.845. The molecule has 0 bridgehead atoms. The summed E-state index contributed by atoms with van der Waals surface area (Å²) in [5, 5.41) is -0.493. The molecule has 1 aliphatic heterocycles. The molecule has 2 aromatic rings. The van der Waals surface area contributed by atoms with Crippen molar-refractivity contribution < 1.29 is 13.2 Å². The first-order valence-corrected chi connectivity index (χ1v) is 10.0. The van der Waals surface area contributed by atoms with Crippen LogP contribution in [0, 0.1) is 5.92 Å². The third-order valence-corrected chi connectivity index (χ3v) is 6.77. The first-order chi connectivity index (χ1) is 11.5. The average molecular weight is 344 g/mol. The molecular formula is C20H24O3S. The molecule has 1 aliphatic rings. The van der Waals surface area contributed by atoms with Gasteiger partial charge in [-0.05, 0) is 36.5 Å². The lowest BCUT2D eigenvalue weighted by Gasteiger charge is -2.20. The van der Waals surface area contributed by atoms with E-state index in [4.69, 9.17) is 4.74 Å². The molecule has 0 unspecified atom stereocenters. The maximum atomic E-state index is 13.1. The van der Waals surface area contributed by atoms with Gasteiger partial charge in [0.2, 0.25) is 0 Å². The molecule has 0 spiro atoms. The number of rotatable bonds is 5. The van der Waals surface area contributed by atoms with Crippen molar-refractivity contribution in [3.8, 4) is 0 Å². The largest absolute Gasteiger partial charge is 0.369 e. The van der Waals surface area contributed by atoms with E-state index in [1.54, 1.807) is 24.3 Å². The molecule has 1 fully saturated rings. The molecular weight excluding hydrogens is 320 g/mol. The van der Waals surface area contributed by atoms with Crippen molar-refractivity contribution in [3.63, 3.8) is 0 Å². The van der Waals surface area contributed by atoms with Gasteiger partial charge in [0.15, 0.2) is 9.84 Å². The normalized spacial score (nSPS) is 24.4. The number of ether oxygens (including phenoxy) is 1. The molecule has 0 amide bonds. The van der Waals surface area contributed by atoms with E-state index < -0.39 is 15.1 Å². The molecule has 3 rings (SSSR count). The van der Waals surface area contributed by atoms with Crippen LogP contribution in [-0.2, 0) is 14.6 Å². The van der Waals surface area contributed by atoms with Gasteiger partial charge in [-0.25, -0.2) is 8.42 Å². The number of benzene rings is 2. The number of hydrogen-bond acceptors (Lipinski definition) is 3. The maximum absolute atomic E-state index is 13.1. The summed E-state index contributed by atoms with van der Waals surface area (Å²) < 4.78 is 32.4. The molecule has 1 heterocycles. The van der Waals surface area contributed by atoms with Crippen LogP contribution < -0.4 is 0 Å². The zero-order valence-electron chi connectivity index (χ0n) is 14.1. The average Bonchev–Trinajstić information content (AvgIpc) is 3.00. The SMILES string of the molecule is CC(C)C[C@H]1O[C@H](c2ccccc2)C[C@@H]1S(=O)(=O)c1ccccc1. The summed E-state index contributed by atoms with van der Waals surface area (Å²) in [7, 11) is -3.40. The maximum Gasteiger partial charge on any atom is 0.183 e. The fourth-order valence-corrected chi connectivity index (χ4v) is 5.27. The van der Waals surface area contributed by atoms with Gasteiger partial charge < -0.3 is 4.74 Å². The third-order valence-electron chi connectivity index (χ3n) is 4.55. The van der Waals surface area contributed by atoms with E-state index in [1.807, 2.05) is 36.4 Å². The van der Waals surface area contributed by atoms with Crippen LogP contribution in [0.4, 0.5) is 0 Å². The van der Waals surface area contributed by atoms with Gasteiger partial charge in [-0.2, -0.15) is 0 Å². The molecule has 24 heavy (non-hydrogen) atoms. The second-order valence-electron chi connectivity index (χ2n) is 6.84. The van der Waals surface area contributed by atoms with Crippen molar-refractivity contribution in [2.45, 2.75) is 49.0 Å². The summed E-state index contributed by atoms with van der Waals surface area (Å²) in [6.45, 7) is 4.21. The van der Waals surface area contributed by atoms with Gasteiger partial charge in [0.25, 0.3) is 0 Å². The van der Waals surface area contributed by atoms with Crippen molar-refractivity contribution >= 4 is 9.84 Å².